The quantitative estimate of drug-likeness (QED) is 0.766. The van der Waals surface area contributed by atoms with E-state index >= 15 is 0 Å². The Morgan fingerprint density at radius 1 is 1.37 bits per heavy atom. The van der Waals surface area contributed by atoms with Crippen LogP contribution in [-0.4, -0.2) is 23.7 Å². The number of aromatic carboxylic acids is 1. The molecule has 0 aromatic heterocycles. The zero-order valence-corrected chi connectivity index (χ0v) is 10.3. The number of carboxylic acid groups (broad SMARTS) is 1. The number of carboxylic acids is 1. The Labute approximate surface area is 109 Å². The maximum absolute atomic E-state index is 13.1. The van der Waals surface area contributed by atoms with Crippen LogP contribution in [0.3, 0.4) is 0 Å². The minimum Gasteiger partial charge on any atom is -0.478 e. The summed E-state index contributed by atoms with van der Waals surface area (Å²) < 4.78 is 13.1. The number of benzene rings is 1. The Kier molecular flexibility index (Phi) is 3.99. The van der Waals surface area contributed by atoms with E-state index < -0.39 is 17.8 Å². The highest BCUT2D eigenvalue weighted by Gasteiger charge is 2.20. The predicted octanol–water partition coefficient (Wildman–Crippen LogP) is 2.45. The first-order valence-corrected chi connectivity index (χ1v) is 6.14. The Balaban J connectivity index is 1.94. The monoisotopic (exact) mass is 266 g/mol. The van der Waals surface area contributed by atoms with Crippen molar-refractivity contribution < 1.29 is 19.1 Å². The second-order valence-electron chi connectivity index (χ2n) is 4.61. The Hall–Kier alpha value is -2.11. The molecule has 0 heterocycles. The summed E-state index contributed by atoms with van der Waals surface area (Å²) in [6, 6.07) is 2.63. The van der Waals surface area contributed by atoms with Crippen molar-refractivity contribution >= 4 is 17.7 Å². The van der Waals surface area contributed by atoms with Gasteiger partial charge in [-0.2, -0.15) is 0 Å². The highest BCUT2D eigenvalue weighted by Crippen LogP contribution is 2.31. The molecule has 0 aliphatic heterocycles. The molecule has 0 spiro atoms. The number of urea groups is 1. The molecular formula is C13H15FN2O3. The van der Waals surface area contributed by atoms with Crippen molar-refractivity contribution in [2.45, 2.75) is 19.3 Å². The van der Waals surface area contributed by atoms with Gasteiger partial charge in [0.05, 0.1) is 11.3 Å². The van der Waals surface area contributed by atoms with Crippen molar-refractivity contribution in [3.63, 3.8) is 0 Å². The fourth-order valence-corrected chi connectivity index (χ4v) is 1.77. The second-order valence-corrected chi connectivity index (χ2v) is 4.61. The summed E-state index contributed by atoms with van der Waals surface area (Å²) in [4.78, 5) is 22.5. The van der Waals surface area contributed by atoms with Crippen LogP contribution in [0, 0.1) is 11.7 Å². The number of carbonyl (C=O) groups excluding carboxylic acids is 1. The molecule has 1 fully saturated rings. The molecule has 3 N–H and O–H groups in total. The van der Waals surface area contributed by atoms with Gasteiger partial charge in [0.25, 0.3) is 0 Å². The zero-order valence-electron chi connectivity index (χ0n) is 10.3. The molecule has 0 unspecified atom stereocenters. The molecule has 2 rings (SSSR count). The molecule has 0 bridgehead atoms. The second kappa shape index (κ2) is 5.69. The van der Waals surface area contributed by atoms with Gasteiger partial charge in [0.1, 0.15) is 5.82 Å². The summed E-state index contributed by atoms with van der Waals surface area (Å²) in [5.74, 6) is -1.12. The van der Waals surface area contributed by atoms with Gasteiger partial charge in [-0.15, -0.1) is 0 Å². The summed E-state index contributed by atoms with van der Waals surface area (Å²) >= 11 is 0. The van der Waals surface area contributed by atoms with Crippen LogP contribution in [0.1, 0.15) is 29.6 Å². The highest BCUT2D eigenvalue weighted by atomic mass is 19.1. The van der Waals surface area contributed by atoms with Gasteiger partial charge in [-0.25, -0.2) is 14.0 Å². The normalized spacial score (nSPS) is 13.9. The van der Waals surface area contributed by atoms with Crippen LogP contribution in [-0.2, 0) is 0 Å². The highest BCUT2D eigenvalue weighted by molar-refractivity contribution is 5.99. The van der Waals surface area contributed by atoms with Gasteiger partial charge in [0.2, 0.25) is 0 Å². The predicted molar refractivity (Wildman–Crippen MR) is 67.7 cm³/mol. The lowest BCUT2D eigenvalue weighted by Crippen LogP contribution is -2.30. The van der Waals surface area contributed by atoms with Crippen molar-refractivity contribution in [2.75, 3.05) is 11.9 Å². The lowest BCUT2D eigenvalue weighted by molar-refractivity contribution is 0.0698. The molecule has 1 aromatic rings. The fourth-order valence-electron chi connectivity index (χ4n) is 1.77. The molecule has 5 nitrogen and oxygen atoms in total. The van der Waals surface area contributed by atoms with Crippen LogP contribution in [0.25, 0.3) is 0 Å². The van der Waals surface area contributed by atoms with Crippen molar-refractivity contribution in [1.29, 1.82) is 0 Å². The number of hydrogen-bond donors (Lipinski definition) is 3. The van der Waals surface area contributed by atoms with Gasteiger partial charge >= 0.3 is 12.0 Å². The number of anilines is 1. The van der Waals surface area contributed by atoms with Gasteiger partial charge in [-0.1, -0.05) is 12.8 Å². The van der Waals surface area contributed by atoms with Gasteiger partial charge in [-0.05, 0) is 30.5 Å². The number of carbonyl (C=O) groups is 2. The Morgan fingerprint density at radius 3 is 2.74 bits per heavy atom. The maximum Gasteiger partial charge on any atom is 0.337 e. The third-order valence-corrected chi connectivity index (χ3v) is 3.00. The SMILES string of the molecule is O=C(NCCC1CC1)Nc1cc(F)ccc1C(=O)O. The molecule has 19 heavy (non-hydrogen) atoms. The molecule has 0 radical (unpaired) electrons. The molecule has 0 atom stereocenters. The van der Waals surface area contributed by atoms with Crippen molar-refractivity contribution in [3.8, 4) is 0 Å². The molecule has 6 heteroatoms. The first kappa shape index (κ1) is 13.3. The van der Waals surface area contributed by atoms with Gasteiger partial charge in [0, 0.05) is 6.54 Å². The first-order chi connectivity index (χ1) is 9.06. The topological polar surface area (TPSA) is 78.4 Å². The van der Waals surface area contributed by atoms with E-state index in [9.17, 15) is 14.0 Å². The third kappa shape index (κ3) is 3.94. The summed E-state index contributed by atoms with van der Waals surface area (Å²) in [5.41, 5.74) is -0.185. The summed E-state index contributed by atoms with van der Waals surface area (Å²) in [5, 5.41) is 13.9. The number of nitrogens with one attached hydrogen (secondary N) is 2. The van der Waals surface area contributed by atoms with E-state index in [1.165, 1.54) is 12.8 Å². The standard InChI is InChI=1S/C13H15FN2O3/c14-9-3-4-10(12(17)18)11(7-9)16-13(19)15-6-5-8-1-2-8/h3-4,7-8H,1-2,5-6H2,(H,17,18)(H2,15,16,19). The van der Waals surface area contributed by atoms with E-state index in [0.717, 1.165) is 24.6 Å². The van der Waals surface area contributed by atoms with Crippen LogP contribution in [0.2, 0.25) is 0 Å². The summed E-state index contributed by atoms with van der Waals surface area (Å²) in [6.07, 6.45) is 3.33. The molecule has 2 amide bonds. The van der Waals surface area contributed by atoms with Gasteiger partial charge in [-0.3, -0.25) is 0 Å². The maximum atomic E-state index is 13.1. The van der Waals surface area contributed by atoms with E-state index in [1.807, 2.05) is 0 Å². The molecule has 102 valence electrons. The number of halogens is 1. The van der Waals surface area contributed by atoms with Crippen molar-refractivity contribution in [2.24, 2.45) is 5.92 Å². The van der Waals surface area contributed by atoms with Gasteiger partial charge < -0.3 is 15.7 Å². The minimum atomic E-state index is -1.21. The summed E-state index contributed by atoms with van der Waals surface area (Å²) in [6.45, 7) is 0.536. The fraction of sp³-hybridized carbons (Fsp3) is 0.385. The van der Waals surface area contributed by atoms with E-state index in [2.05, 4.69) is 10.6 Å². The van der Waals surface area contributed by atoms with E-state index in [4.69, 9.17) is 5.11 Å². The Morgan fingerprint density at radius 2 is 2.11 bits per heavy atom. The molecular weight excluding hydrogens is 251 g/mol. The van der Waals surface area contributed by atoms with Crippen LogP contribution in [0.15, 0.2) is 18.2 Å². The van der Waals surface area contributed by atoms with E-state index in [1.54, 1.807) is 0 Å². The van der Waals surface area contributed by atoms with Crippen molar-refractivity contribution in [3.05, 3.63) is 29.6 Å². The van der Waals surface area contributed by atoms with E-state index in [0.29, 0.717) is 12.5 Å². The number of rotatable bonds is 5. The average Bonchev–Trinajstić information content (AvgIpc) is 3.12. The number of amides is 2. The first-order valence-electron chi connectivity index (χ1n) is 6.14. The molecule has 1 aromatic carbocycles. The molecule has 1 aliphatic carbocycles. The van der Waals surface area contributed by atoms with Gasteiger partial charge in [0.15, 0.2) is 0 Å². The minimum absolute atomic E-state index is 0.0450. The van der Waals surface area contributed by atoms with Crippen LogP contribution in [0.4, 0.5) is 14.9 Å². The molecule has 1 aliphatic rings. The third-order valence-electron chi connectivity index (χ3n) is 3.00. The lowest BCUT2D eigenvalue weighted by Gasteiger charge is -2.09. The van der Waals surface area contributed by atoms with E-state index in [-0.39, 0.29) is 11.3 Å². The van der Waals surface area contributed by atoms with Crippen molar-refractivity contribution in [1.82, 2.24) is 5.32 Å². The number of hydrogen-bond acceptors (Lipinski definition) is 2. The smallest absolute Gasteiger partial charge is 0.337 e. The van der Waals surface area contributed by atoms with Crippen LogP contribution >= 0.6 is 0 Å². The molecule has 1 saturated carbocycles. The van der Waals surface area contributed by atoms with Crippen LogP contribution < -0.4 is 10.6 Å². The Bertz CT molecular complexity index is 501. The van der Waals surface area contributed by atoms with Crippen LogP contribution in [0.5, 0.6) is 0 Å². The zero-order chi connectivity index (χ0) is 13.8. The average molecular weight is 266 g/mol. The largest absolute Gasteiger partial charge is 0.478 e. The lowest BCUT2D eigenvalue weighted by atomic mass is 10.2. The summed E-state index contributed by atoms with van der Waals surface area (Å²) in [7, 11) is 0. The molecule has 0 saturated heterocycles.